The van der Waals surface area contributed by atoms with Crippen LogP contribution in [0.25, 0.3) is 28.0 Å². The van der Waals surface area contributed by atoms with Gasteiger partial charge >= 0.3 is 0 Å². The second kappa shape index (κ2) is 13.9. The molecule has 3 heterocycles. The smallest absolute Gasteiger partial charge is 0.267 e. The Morgan fingerprint density at radius 2 is 1.65 bits per heavy atom. The Balaban J connectivity index is 1.66. The van der Waals surface area contributed by atoms with Gasteiger partial charge in [-0.2, -0.15) is 10.2 Å². The highest BCUT2D eigenvalue weighted by Gasteiger charge is 2.20. The Labute approximate surface area is 234 Å². The summed E-state index contributed by atoms with van der Waals surface area (Å²) in [5.41, 5.74) is 3.61. The average molecular weight is 548 g/mol. The summed E-state index contributed by atoms with van der Waals surface area (Å²) in [6, 6.07) is 16.6. The highest BCUT2D eigenvalue weighted by Crippen LogP contribution is 2.35. The molecule has 0 radical (unpaired) electrons. The number of aromatic nitrogens is 4. The normalized spacial score (nSPS) is 11.3. The van der Waals surface area contributed by atoms with Crippen LogP contribution in [0.3, 0.4) is 0 Å². The van der Waals surface area contributed by atoms with Crippen molar-refractivity contribution in [3.8, 4) is 28.3 Å². The molecule has 0 aliphatic rings. The number of rotatable bonds is 14. The van der Waals surface area contributed by atoms with Crippen molar-refractivity contribution in [1.82, 2.24) is 24.3 Å². The number of hydrogen-bond donors (Lipinski definition) is 0. The first-order valence-corrected chi connectivity index (χ1v) is 13.7. The van der Waals surface area contributed by atoms with Crippen LogP contribution in [-0.2, 0) is 14.3 Å². The minimum atomic E-state index is -0.169. The Morgan fingerprint density at radius 3 is 2.30 bits per heavy atom. The average Bonchev–Trinajstić information content (AvgIpc) is 3.34. The lowest BCUT2D eigenvalue weighted by Gasteiger charge is -2.22. The van der Waals surface area contributed by atoms with Gasteiger partial charge in [0, 0.05) is 50.2 Å². The first-order chi connectivity index (χ1) is 19.4. The van der Waals surface area contributed by atoms with Gasteiger partial charge in [0.25, 0.3) is 11.5 Å². The monoisotopic (exact) mass is 547 g/mol. The first kappa shape index (κ1) is 29.0. The molecule has 4 rings (SSSR count). The van der Waals surface area contributed by atoms with E-state index >= 15 is 0 Å². The van der Waals surface area contributed by atoms with E-state index in [1.165, 1.54) is 10.7 Å². The van der Waals surface area contributed by atoms with Crippen LogP contribution < -0.4 is 10.3 Å². The summed E-state index contributed by atoms with van der Waals surface area (Å²) in [5, 5.41) is 9.51. The molecule has 40 heavy (non-hydrogen) atoms. The van der Waals surface area contributed by atoms with E-state index < -0.39 is 0 Å². The molecular formula is C30H37N5O5. The molecule has 0 aliphatic carbocycles. The van der Waals surface area contributed by atoms with Crippen LogP contribution in [0.2, 0.25) is 0 Å². The molecule has 1 amide bonds. The number of carbonyl (C=O) groups excluding carboxylic acids is 1. The maximum absolute atomic E-state index is 13.0. The first-order valence-electron chi connectivity index (χ1n) is 13.7. The van der Waals surface area contributed by atoms with Crippen molar-refractivity contribution >= 4 is 11.4 Å². The Hall–Kier alpha value is -4.02. The number of carbonyl (C=O) groups is 1. The highest BCUT2D eigenvalue weighted by atomic mass is 16.5. The van der Waals surface area contributed by atoms with Crippen molar-refractivity contribution in [2.45, 2.75) is 33.7 Å². The zero-order valence-electron chi connectivity index (χ0n) is 23.6. The van der Waals surface area contributed by atoms with Gasteiger partial charge in [-0.1, -0.05) is 30.3 Å². The van der Waals surface area contributed by atoms with Gasteiger partial charge in [0.2, 0.25) is 0 Å². The Kier molecular flexibility index (Phi) is 10.0. The molecule has 3 aromatic heterocycles. The van der Waals surface area contributed by atoms with E-state index in [2.05, 4.69) is 5.10 Å². The second-order valence-corrected chi connectivity index (χ2v) is 9.44. The SMILES string of the molecule is CCOCCN(CCOCC)C(=O)COc1ccn2nc(-c3ccccc3)c(-c3ccc(=O)n(C(C)C)n3)c2c1. The van der Waals surface area contributed by atoms with E-state index in [1.54, 1.807) is 27.7 Å². The minimum absolute atomic E-state index is 0.104. The number of hydrogen-bond acceptors (Lipinski definition) is 7. The van der Waals surface area contributed by atoms with Crippen LogP contribution >= 0.6 is 0 Å². The van der Waals surface area contributed by atoms with Gasteiger partial charge in [0.1, 0.15) is 11.4 Å². The van der Waals surface area contributed by atoms with Gasteiger partial charge in [-0.05, 0) is 39.8 Å². The number of pyridine rings is 1. The van der Waals surface area contributed by atoms with Gasteiger partial charge in [-0.25, -0.2) is 9.20 Å². The maximum Gasteiger partial charge on any atom is 0.267 e. The van der Waals surface area contributed by atoms with Gasteiger partial charge in [0.15, 0.2) is 6.61 Å². The predicted octanol–water partition coefficient (Wildman–Crippen LogP) is 4.09. The Bertz CT molecular complexity index is 1450. The molecule has 0 spiro atoms. The van der Waals surface area contributed by atoms with Gasteiger partial charge < -0.3 is 19.1 Å². The molecule has 212 valence electrons. The predicted molar refractivity (Wildman–Crippen MR) is 154 cm³/mol. The van der Waals surface area contributed by atoms with Crippen molar-refractivity contribution in [3.05, 3.63) is 71.1 Å². The molecule has 10 nitrogen and oxygen atoms in total. The largest absolute Gasteiger partial charge is 0.484 e. The molecule has 0 unspecified atom stereocenters. The third kappa shape index (κ3) is 6.94. The summed E-state index contributed by atoms with van der Waals surface area (Å²) < 4.78 is 20.1. The van der Waals surface area contributed by atoms with E-state index in [0.29, 0.717) is 51.0 Å². The van der Waals surface area contributed by atoms with Crippen LogP contribution in [0.4, 0.5) is 0 Å². The summed E-state index contributed by atoms with van der Waals surface area (Å²) in [4.78, 5) is 27.1. The maximum atomic E-state index is 13.0. The van der Waals surface area contributed by atoms with E-state index in [4.69, 9.17) is 19.3 Å². The fourth-order valence-electron chi connectivity index (χ4n) is 4.33. The summed E-state index contributed by atoms with van der Waals surface area (Å²) in [6.45, 7) is 10.6. The molecule has 0 saturated carbocycles. The zero-order chi connectivity index (χ0) is 28.5. The summed E-state index contributed by atoms with van der Waals surface area (Å²) >= 11 is 0. The van der Waals surface area contributed by atoms with E-state index in [1.807, 2.05) is 64.1 Å². The lowest BCUT2D eigenvalue weighted by molar-refractivity contribution is -0.134. The Morgan fingerprint density at radius 1 is 0.950 bits per heavy atom. The second-order valence-electron chi connectivity index (χ2n) is 9.44. The van der Waals surface area contributed by atoms with Crippen molar-refractivity contribution in [3.63, 3.8) is 0 Å². The van der Waals surface area contributed by atoms with Crippen molar-refractivity contribution < 1.29 is 19.0 Å². The van der Waals surface area contributed by atoms with E-state index in [-0.39, 0.29) is 24.1 Å². The summed E-state index contributed by atoms with van der Waals surface area (Å²) in [6.07, 6.45) is 1.80. The molecule has 0 atom stereocenters. The molecule has 4 aromatic rings. The molecule has 0 fully saturated rings. The number of nitrogens with zero attached hydrogens (tertiary/aromatic N) is 5. The van der Waals surface area contributed by atoms with Crippen molar-refractivity contribution in [1.29, 1.82) is 0 Å². The van der Waals surface area contributed by atoms with Gasteiger partial charge in [-0.15, -0.1) is 0 Å². The fourth-order valence-corrected chi connectivity index (χ4v) is 4.33. The summed E-state index contributed by atoms with van der Waals surface area (Å²) in [7, 11) is 0. The number of benzene rings is 1. The molecule has 0 bridgehead atoms. The molecular weight excluding hydrogens is 510 g/mol. The van der Waals surface area contributed by atoms with Gasteiger partial charge in [0.05, 0.1) is 36.0 Å². The third-order valence-electron chi connectivity index (χ3n) is 6.36. The lowest BCUT2D eigenvalue weighted by atomic mass is 10.0. The van der Waals surface area contributed by atoms with Crippen LogP contribution in [-0.4, -0.2) is 76.3 Å². The number of fused-ring (bicyclic) bond motifs is 1. The molecule has 10 heteroatoms. The number of amides is 1. The van der Waals surface area contributed by atoms with Crippen molar-refractivity contribution in [2.75, 3.05) is 46.1 Å². The summed E-state index contributed by atoms with van der Waals surface area (Å²) in [5.74, 6) is 0.372. The van der Waals surface area contributed by atoms with E-state index in [9.17, 15) is 9.59 Å². The van der Waals surface area contributed by atoms with Crippen LogP contribution in [0, 0.1) is 0 Å². The molecule has 0 aliphatic heterocycles. The lowest BCUT2D eigenvalue weighted by Crippen LogP contribution is -2.39. The van der Waals surface area contributed by atoms with Crippen LogP contribution in [0.15, 0.2) is 65.6 Å². The topological polar surface area (TPSA) is 100 Å². The van der Waals surface area contributed by atoms with E-state index in [0.717, 1.165) is 22.3 Å². The minimum Gasteiger partial charge on any atom is -0.484 e. The highest BCUT2D eigenvalue weighted by molar-refractivity contribution is 5.91. The molecule has 0 saturated heterocycles. The quantitative estimate of drug-likeness (QED) is 0.219. The molecule has 1 aromatic carbocycles. The standard InChI is InChI=1S/C30H37N5O5/c1-5-38-18-16-33(17-19-39-6-2)28(37)21-40-24-14-15-34-26(20-24)29(30(32-34)23-10-8-7-9-11-23)25-12-13-27(36)35(31-25)22(3)4/h7-15,20,22H,5-6,16-19,21H2,1-4H3. The number of ether oxygens (including phenoxy) is 3. The third-order valence-corrected chi connectivity index (χ3v) is 6.36. The zero-order valence-corrected chi connectivity index (χ0v) is 23.6. The van der Waals surface area contributed by atoms with Crippen molar-refractivity contribution in [2.24, 2.45) is 0 Å². The van der Waals surface area contributed by atoms with Crippen LogP contribution in [0.1, 0.15) is 33.7 Å². The molecule has 0 N–H and O–H groups in total. The van der Waals surface area contributed by atoms with Crippen LogP contribution in [0.5, 0.6) is 5.75 Å². The fraction of sp³-hybridized carbons (Fsp3) is 0.400. The van der Waals surface area contributed by atoms with Gasteiger partial charge in [-0.3, -0.25) is 9.59 Å².